The van der Waals surface area contributed by atoms with Gasteiger partial charge in [0.05, 0.1) is 25.3 Å². The first-order valence-corrected chi connectivity index (χ1v) is 22.1. The number of pyridine rings is 2. The fourth-order valence-corrected chi connectivity index (χ4v) is 9.14. The zero-order valence-electron chi connectivity index (χ0n) is 37.4. The maximum absolute atomic E-state index is 13.6. The highest BCUT2D eigenvalue weighted by atomic mass is 16.5. The number of carbonyl (C=O) groups is 2. The number of carbonyl (C=O) groups excluding carboxylic acids is 2. The molecule has 4 aromatic carbocycles. The van der Waals surface area contributed by atoms with Gasteiger partial charge in [0.25, 0.3) is 11.8 Å². The summed E-state index contributed by atoms with van der Waals surface area (Å²) in [5, 5.41) is 25.3. The van der Waals surface area contributed by atoms with E-state index in [0.29, 0.717) is 24.7 Å². The molecule has 0 saturated carbocycles. The van der Waals surface area contributed by atoms with E-state index < -0.39 is 46.3 Å². The van der Waals surface area contributed by atoms with Gasteiger partial charge in [0, 0.05) is 49.9 Å². The van der Waals surface area contributed by atoms with Gasteiger partial charge in [-0.1, -0.05) is 109 Å². The second-order valence-electron chi connectivity index (χ2n) is 16.4. The molecule has 0 spiro atoms. The van der Waals surface area contributed by atoms with E-state index in [1.165, 1.54) is 24.5 Å². The quantitative estimate of drug-likeness (QED) is 0.207. The van der Waals surface area contributed by atoms with Crippen molar-refractivity contribution in [1.29, 1.82) is 0 Å². The van der Waals surface area contributed by atoms with Crippen molar-refractivity contribution in [3.63, 3.8) is 0 Å². The molecule has 4 aliphatic rings. The van der Waals surface area contributed by atoms with Crippen LogP contribution in [0.5, 0.6) is 23.0 Å². The molecule has 2 N–H and O–H groups in total. The van der Waals surface area contributed by atoms with Gasteiger partial charge in [-0.25, -0.2) is 0 Å². The Morgan fingerprint density at radius 2 is 0.912 bits per heavy atom. The highest BCUT2D eigenvalue weighted by molar-refractivity contribution is 5.97. The first-order chi connectivity index (χ1) is 33.2. The molecule has 0 unspecified atom stereocenters. The van der Waals surface area contributed by atoms with Crippen LogP contribution in [0.4, 0.5) is 0 Å². The highest BCUT2D eigenvalue weighted by Crippen LogP contribution is 2.39. The smallest absolute Gasteiger partial charge is 0.278 e. The Kier molecular flexibility index (Phi) is 13.1. The number of benzene rings is 4. The fourth-order valence-electron chi connectivity index (χ4n) is 9.14. The lowest BCUT2D eigenvalue weighted by molar-refractivity contribution is 0.0512. The van der Waals surface area contributed by atoms with Crippen molar-refractivity contribution in [3.05, 3.63) is 212 Å². The molecule has 6 heterocycles. The zero-order chi connectivity index (χ0) is 47.3. The molecule has 68 heavy (non-hydrogen) atoms. The normalized spacial score (nSPS) is 20.6. The minimum absolute atomic E-state index is 0.0770. The lowest BCUT2D eigenvalue weighted by Crippen LogP contribution is -2.58. The van der Waals surface area contributed by atoms with Gasteiger partial charge >= 0.3 is 0 Å². The van der Waals surface area contributed by atoms with E-state index >= 15 is 0 Å². The van der Waals surface area contributed by atoms with Crippen LogP contribution < -0.4 is 30.3 Å². The van der Waals surface area contributed by atoms with Crippen molar-refractivity contribution < 1.29 is 38.7 Å². The number of methoxy groups -OCH3 is 2. The van der Waals surface area contributed by atoms with Gasteiger partial charge in [0.15, 0.2) is 22.9 Å². The highest BCUT2D eigenvalue weighted by Gasteiger charge is 2.41. The van der Waals surface area contributed by atoms with Gasteiger partial charge in [0.2, 0.25) is 10.9 Å². The van der Waals surface area contributed by atoms with E-state index in [2.05, 4.69) is 0 Å². The standard InChI is InChI=1S/2C26H25N3O5/c2*1-33-16-19-10-7-15-34-22-12-6-5-11-20(22)23(18-8-3-2-4-9-18)29-17-27(19)26(32)24-25(31)21(30)13-14-28(24)29/h2*2-14,19,23,31H,15-17H2,1H3/b2*10-7+/t2*19-,23-/m10/s1. The Labute approximate surface area is 391 Å². The third-order valence-electron chi connectivity index (χ3n) is 12.3. The average molecular weight is 919 g/mol. The first kappa shape index (κ1) is 45.1. The number of nitrogens with zero attached hydrogens (tertiary/aromatic N) is 6. The number of ether oxygens (including phenoxy) is 4. The van der Waals surface area contributed by atoms with Crippen LogP contribution in [0.3, 0.4) is 0 Å². The number of hydrogen-bond acceptors (Lipinski definition) is 12. The molecule has 0 saturated heterocycles. The maximum Gasteiger partial charge on any atom is 0.278 e. The number of hydrogen-bond donors (Lipinski definition) is 2. The molecule has 16 nitrogen and oxygen atoms in total. The summed E-state index contributed by atoms with van der Waals surface area (Å²) in [6.45, 7) is 1.52. The van der Waals surface area contributed by atoms with Crippen LogP contribution in [-0.4, -0.2) is 107 Å². The number of amides is 2. The van der Waals surface area contributed by atoms with E-state index in [9.17, 15) is 29.4 Å². The number of aromatic hydroxyl groups is 2. The molecule has 6 aromatic rings. The van der Waals surface area contributed by atoms with Crippen LogP contribution in [0.1, 0.15) is 55.3 Å². The number of fused-ring (bicyclic) bond motifs is 10. The third-order valence-corrected chi connectivity index (χ3v) is 12.3. The Morgan fingerprint density at radius 1 is 0.529 bits per heavy atom. The van der Waals surface area contributed by atoms with Crippen molar-refractivity contribution in [3.8, 4) is 23.0 Å². The van der Waals surface area contributed by atoms with Crippen LogP contribution in [0.15, 0.2) is 168 Å². The molecule has 0 aliphatic carbocycles. The van der Waals surface area contributed by atoms with E-state index in [0.717, 1.165) is 22.3 Å². The van der Waals surface area contributed by atoms with Gasteiger partial charge in [-0.15, -0.1) is 0 Å². The Morgan fingerprint density at radius 3 is 1.31 bits per heavy atom. The fraction of sp³-hybridized carbons (Fsp3) is 0.231. The third kappa shape index (κ3) is 8.58. The van der Waals surface area contributed by atoms with Crippen LogP contribution in [0.25, 0.3) is 0 Å². The monoisotopic (exact) mass is 918 g/mol. The summed E-state index contributed by atoms with van der Waals surface area (Å²) < 4.78 is 26.2. The van der Waals surface area contributed by atoms with Crippen LogP contribution >= 0.6 is 0 Å². The van der Waals surface area contributed by atoms with Crippen molar-refractivity contribution in [2.75, 3.05) is 64.0 Å². The Hall–Kier alpha value is -8.08. The van der Waals surface area contributed by atoms with Crippen molar-refractivity contribution in [1.82, 2.24) is 19.2 Å². The summed E-state index contributed by atoms with van der Waals surface area (Å²) in [7, 11) is 3.14. The molecule has 2 amide bonds. The minimum Gasteiger partial charge on any atom is -0.502 e. The lowest BCUT2D eigenvalue weighted by Gasteiger charge is -2.45. The molecular weight excluding hydrogens is 869 g/mol. The van der Waals surface area contributed by atoms with Crippen LogP contribution in [0.2, 0.25) is 0 Å². The van der Waals surface area contributed by atoms with Gasteiger partial charge in [-0.2, -0.15) is 0 Å². The predicted octanol–water partition coefficient (Wildman–Crippen LogP) is 5.32. The first-order valence-electron chi connectivity index (χ1n) is 22.1. The molecule has 0 radical (unpaired) electrons. The molecular formula is C52H50N6O10. The molecule has 4 aliphatic heterocycles. The van der Waals surface area contributed by atoms with Crippen molar-refractivity contribution >= 4 is 11.8 Å². The predicted molar refractivity (Wildman–Crippen MR) is 253 cm³/mol. The summed E-state index contributed by atoms with van der Waals surface area (Å²) in [5.74, 6) is -0.623. The molecule has 2 aromatic heterocycles. The molecule has 4 bridgehead atoms. The van der Waals surface area contributed by atoms with E-state index in [1.807, 2.05) is 144 Å². The Bertz CT molecular complexity index is 2770. The summed E-state index contributed by atoms with van der Waals surface area (Å²) in [5.41, 5.74) is 2.35. The molecule has 348 valence electrons. The van der Waals surface area contributed by atoms with Crippen LogP contribution in [-0.2, 0) is 9.47 Å². The van der Waals surface area contributed by atoms with Crippen molar-refractivity contribution in [2.24, 2.45) is 0 Å². The van der Waals surface area contributed by atoms with Crippen molar-refractivity contribution in [2.45, 2.75) is 24.2 Å². The van der Waals surface area contributed by atoms with E-state index in [4.69, 9.17) is 18.9 Å². The summed E-state index contributed by atoms with van der Waals surface area (Å²) in [4.78, 5) is 55.1. The SMILES string of the molecule is COC[C@@H]1/C=C/COc2ccccc2[C@H](c2ccccc2)N2CN1C(=O)c1c(O)c(=O)ccn12.COC[C@H]1/C=C/COc2ccccc2[C@@H](c2ccccc2)N2CN1C(=O)c1c(O)c(=O)ccn12. The summed E-state index contributed by atoms with van der Waals surface area (Å²) in [6, 6.07) is 36.2. The molecule has 16 heteroatoms. The molecule has 0 fully saturated rings. The number of rotatable bonds is 6. The topological polar surface area (TPSA) is 168 Å². The lowest BCUT2D eigenvalue weighted by atomic mass is 9.97. The van der Waals surface area contributed by atoms with Crippen LogP contribution in [0, 0.1) is 0 Å². The second kappa shape index (κ2) is 19.8. The van der Waals surface area contributed by atoms with Gasteiger partial charge < -0.3 is 39.0 Å². The number of aromatic nitrogens is 2. The minimum atomic E-state index is -0.607. The number of para-hydroxylation sites is 2. The molecule has 10 rings (SSSR count). The molecule has 4 atom stereocenters. The van der Waals surface area contributed by atoms with Gasteiger partial charge in [0.1, 0.15) is 50.1 Å². The van der Waals surface area contributed by atoms with E-state index in [1.54, 1.807) is 33.4 Å². The zero-order valence-corrected chi connectivity index (χ0v) is 37.4. The van der Waals surface area contributed by atoms with Gasteiger partial charge in [-0.3, -0.25) is 38.5 Å². The Balaban J connectivity index is 0.000000170. The average Bonchev–Trinajstić information content (AvgIpc) is 3.40. The largest absolute Gasteiger partial charge is 0.502 e. The summed E-state index contributed by atoms with van der Waals surface area (Å²) >= 11 is 0. The van der Waals surface area contributed by atoms with E-state index in [-0.39, 0.29) is 50.0 Å². The summed E-state index contributed by atoms with van der Waals surface area (Å²) in [6.07, 6.45) is 10.5. The van der Waals surface area contributed by atoms with Gasteiger partial charge in [-0.05, 0) is 35.4 Å². The second-order valence-corrected chi connectivity index (χ2v) is 16.4. The maximum atomic E-state index is 13.6.